The van der Waals surface area contributed by atoms with Crippen LogP contribution in [-0.2, 0) is 11.2 Å². The van der Waals surface area contributed by atoms with Gasteiger partial charge in [0.05, 0.1) is 12.1 Å². The number of amides is 3. The van der Waals surface area contributed by atoms with Gasteiger partial charge in [0, 0.05) is 24.0 Å². The van der Waals surface area contributed by atoms with Gasteiger partial charge in [0.15, 0.2) is 0 Å². The highest BCUT2D eigenvalue weighted by Gasteiger charge is 2.42. The molecule has 2 aliphatic heterocycles. The van der Waals surface area contributed by atoms with Crippen LogP contribution >= 0.6 is 11.8 Å². The summed E-state index contributed by atoms with van der Waals surface area (Å²) in [6.45, 7) is 0.697. The molecule has 0 saturated carbocycles. The molecule has 1 aromatic rings. The van der Waals surface area contributed by atoms with Crippen LogP contribution in [0.4, 0.5) is 4.79 Å². The van der Waals surface area contributed by atoms with E-state index in [9.17, 15) is 9.59 Å². The van der Waals surface area contributed by atoms with Crippen LogP contribution in [0.15, 0.2) is 30.3 Å². The Kier molecular flexibility index (Phi) is 6.01. The van der Waals surface area contributed by atoms with Gasteiger partial charge in [0.1, 0.15) is 0 Å². The third-order valence-electron chi connectivity index (χ3n) is 4.66. The third kappa shape index (κ3) is 4.66. The molecule has 2 saturated heterocycles. The summed E-state index contributed by atoms with van der Waals surface area (Å²) in [5.41, 5.74) is 1.25. The number of rotatable bonds is 8. The second-order valence-corrected chi connectivity index (χ2v) is 7.73. The van der Waals surface area contributed by atoms with Crippen LogP contribution in [0.1, 0.15) is 31.2 Å². The number of urea groups is 1. The number of nitrogens with one attached hydrogen (secondary N) is 3. The number of carbonyl (C=O) groups excluding carboxylic acids is 2. The van der Waals surface area contributed by atoms with Crippen molar-refractivity contribution in [1.82, 2.24) is 16.0 Å². The van der Waals surface area contributed by atoms with E-state index in [1.807, 2.05) is 30.0 Å². The lowest BCUT2D eigenvalue weighted by molar-refractivity contribution is -0.121. The summed E-state index contributed by atoms with van der Waals surface area (Å²) >= 11 is 1.93. The van der Waals surface area contributed by atoms with Gasteiger partial charge in [-0.3, -0.25) is 4.79 Å². The highest BCUT2D eigenvalue weighted by atomic mass is 32.2. The molecule has 0 spiro atoms. The SMILES string of the molecule is O=C(CCCC[C@H]1SC[C@@H]2NC(=O)N[C@H]21)NCCc1ccccc1. The monoisotopic (exact) mass is 347 g/mol. The molecule has 2 heterocycles. The molecule has 6 heteroatoms. The van der Waals surface area contributed by atoms with Crippen LogP contribution in [0.25, 0.3) is 0 Å². The summed E-state index contributed by atoms with van der Waals surface area (Å²) in [6, 6.07) is 10.7. The lowest BCUT2D eigenvalue weighted by atomic mass is 10.0. The van der Waals surface area contributed by atoms with E-state index in [4.69, 9.17) is 0 Å². The minimum Gasteiger partial charge on any atom is -0.356 e. The van der Waals surface area contributed by atoms with Crippen LogP contribution in [0.5, 0.6) is 0 Å². The molecule has 5 nitrogen and oxygen atoms in total. The van der Waals surface area contributed by atoms with E-state index in [1.165, 1.54) is 5.56 Å². The lowest BCUT2D eigenvalue weighted by Crippen LogP contribution is -2.36. The average molecular weight is 347 g/mol. The molecule has 0 unspecified atom stereocenters. The van der Waals surface area contributed by atoms with Crippen molar-refractivity contribution in [1.29, 1.82) is 0 Å². The predicted octanol–water partition coefficient (Wildman–Crippen LogP) is 2.07. The van der Waals surface area contributed by atoms with Crippen molar-refractivity contribution < 1.29 is 9.59 Å². The highest BCUT2D eigenvalue weighted by Crippen LogP contribution is 2.33. The van der Waals surface area contributed by atoms with Gasteiger partial charge >= 0.3 is 6.03 Å². The number of hydrogen-bond acceptors (Lipinski definition) is 3. The fraction of sp³-hybridized carbons (Fsp3) is 0.556. The van der Waals surface area contributed by atoms with Crippen molar-refractivity contribution in [3.63, 3.8) is 0 Å². The highest BCUT2D eigenvalue weighted by molar-refractivity contribution is 8.00. The molecular formula is C18H25N3O2S. The summed E-state index contributed by atoms with van der Waals surface area (Å²) < 4.78 is 0. The minimum atomic E-state index is -0.0342. The Morgan fingerprint density at radius 1 is 1.21 bits per heavy atom. The number of thioether (sulfide) groups is 1. The van der Waals surface area contributed by atoms with Gasteiger partial charge in [-0.05, 0) is 24.8 Å². The van der Waals surface area contributed by atoms with Crippen molar-refractivity contribution in [2.45, 2.75) is 49.4 Å². The maximum absolute atomic E-state index is 11.9. The van der Waals surface area contributed by atoms with Gasteiger partial charge < -0.3 is 16.0 Å². The van der Waals surface area contributed by atoms with E-state index in [1.54, 1.807) is 0 Å². The summed E-state index contributed by atoms with van der Waals surface area (Å²) in [5, 5.41) is 9.44. The van der Waals surface area contributed by atoms with Gasteiger partial charge in [-0.2, -0.15) is 11.8 Å². The predicted molar refractivity (Wildman–Crippen MR) is 97.1 cm³/mol. The molecule has 0 aromatic heterocycles. The first-order valence-corrected chi connectivity index (χ1v) is 9.76. The van der Waals surface area contributed by atoms with E-state index in [2.05, 4.69) is 28.1 Å². The first-order chi connectivity index (χ1) is 11.7. The van der Waals surface area contributed by atoms with E-state index in [0.29, 0.717) is 18.2 Å². The Morgan fingerprint density at radius 3 is 2.88 bits per heavy atom. The number of hydrogen-bond donors (Lipinski definition) is 3. The molecule has 0 radical (unpaired) electrons. The molecule has 3 atom stereocenters. The number of unbranched alkanes of at least 4 members (excludes halogenated alkanes) is 1. The van der Waals surface area contributed by atoms with Gasteiger partial charge in [-0.15, -0.1) is 0 Å². The van der Waals surface area contributed by atoms with Gasteiger partial charge in [-0.25, -0.2) is 4.79 Å². The molecule has 0 aliphatic carbocycles. The van der Waals surface area contributed by atoms with E-state index in [0.717, 1.165) is 31.4 Å². The van der Waals surface area contributed by atoms with E-state index < -0.39 is 0 Å². The Morgan fingerprint density at radius 2 is 2.04 bits per heavy atom. The molecule has 1 aromatic carbocycles. The van der Waals surface area contributed by atoms with Crippen LogP contribution in [0.2, 0.25) is 0 Å². The zero-order chi connectivity index (χ0) is 16.8. The van der Waals surface area contributed by atoms with Crippen LogP contribution in [-0.4, -0.2) is 41.6 Å². The Hall–Kier alpha value is -1.69. The average Bonchev–Trinajstić information content (AvgIpc) is 3.12. The second kappa shape index (κ2) is 8.42. The molecular weight excluding hydrogens is 322 g/mol. The van der Waals surface area contributed by atoms with Crippen molar-refractivity contribution in [2.24, 2.45) is 0 Å². The minimum absolute atomic E-state index is 0.0342. The molecule has 2 fully saturated rings. The van der Waals surface area contributed by atoms with Gasteiger partial charge in [-0.1, -0.05) is 36.8 Å². The molecule has 0 bridgehead atoms. The molecule has 130 valence electrons. The molecule has 24 heavy (non-hydrogen) atoms. The number of carbonyl (C=O) groups is 2. The summed E-state index contributed by atoms with van der Waals surface area (Å²) in [7, 11) is 0. The maximum Gasteiger partial charge on any atom is 0.315 e. The molecule has 3 amide bonds. The molecule has 3 N–H and O–H groups in total. The largest absolute Gasteiger partial charge is 0.356 e. The first-order valence-electron chi connectivity index (χ1n) is 8.71. The number of benzene rings is 1. The fourth-order valence-corrected chi connectivity index (χ4v) is 4.90. The topological polar surface area (TPSA) is 70.2 Å². The fourth-order valence-electron chi connectivity index (χ4n) is 3.35. The van der Waals surface area contributed by atoms with Crippen molar-refractivity contribution in [3.05, 3.63) is 35.9 Å². The quantitative estimate of drug-likeness (QED) is 0.498. The summed E-state index contributed by atoms with van der Waals surface area (Å²) in [4.78, 5) is 23.2. The first kappa shape index (κ1) is 17.1. The van der Waals surface area contributed by atoms with E-state index >= 15 is 0 Å². The second-order valence-electron chi connectivity index (χ2n) is 6.45. The van der Waals surface area contributed by atoms with Crippen LogP contribution < -0.4 is 16.0 Å². The zero-order valence-corrected chi connectivity index (χ0v) is 14.6. The smallest absolute Gasteiger partial charge is 0.315 e. The number of fused-ring (bicyclic) bond motifs is 1. The third-order valence-corrected chi connectivity index (χ3v) is 6.17. The standard InChI is InChI=1S/C18H25N3O2S/c22-16(19-11-10-13-6-2-1-3-7-13)9-5-4-8-15-17-14(12-24-15)20-18(23)21-17/h1-3,6-7,14-15,17H,4-5,8-12H2,(H,19,22)(H2,20,21,23)/t14-,15+,17+/m0/s1. The zero-order valence-electron chi connectivity index (χ0n) is 13.8. The van der Waals surface area contributed by atoms with Crippen LogP contribution in [0, 0.1) is 0 Å². The lowest BCUT2D eigenvalue weighted by Gasteiger charge is -2.16. The van der Waals surface area contributed by atoms with Crippen molar-refractivity contribution >= 4 is 23.7 Å². The van der Waals surface area contributed by atoms with Crippen molar-refractivity contribution in [3.8, 4) is 0 Å². The Balaban J connectivity index is 1.25. The van der Waals surface area contributed by atoms with Crippen molar-refractivity contribution in [2.75, 3.05) is 12.3 Å². The maximum atomic E-state index is 11.9. The summed E-state index contributed by atoms with van der Waals surface area (Å²) in [5.74, 6) is 1.13. The summed E-state index contributed by atoms with van der Waals surface area (Å²) in [6.07, 6.45) is 4.47. The Labute approximate surface area is 147 Å². The van der Waals surface area contributed by atoms with E-state index in [-0.39, 0.29) is 24.0 Å². The molecule has 2 aliphatic rings. The molecule has 3 rings (SSSR count). The normalized spacial score (nSPS) is 25.0. The Bertz CT molecular complexity index is 567. The van der Waals surface area contributed by atoms with Crippen LogP contribution in [0.3, 0.4) is 0 Å². The van der Waals surface area contributed by atoms with Gasteiger partial charge in [0.25, 0.3) is 0 Å². The van der Waals surface area contributed by atoms with Gasteiger partial charge in [0.2, 0.25) is 5.91 Å².